The Morgan fingerprint density at radius 2 is 1.81 bits per heavy atom. The molecule has 0 bridgehead atoms. The first-order chi connectivity index (χ1) is 10.1. The molecule has 0 spiro atoms. The van der Waals surface area contributed by atoms with E-state index in [0.29, 0.717) is 5.56 Å². The molecular formula is C18H16N2O. The van der Waals surface area contributed by atoms with Gasteiger partial charge in [-0.2, -0.15) is 0 Å². The molecule has 0 fully saturated rings. The smallest absolute Gasteiger partial charge is 0.186 e. The van der Waals surface area contributed by atoms with Gasteiger partial charge in [0.1, 0.15) is 5.54 Å². The van der Waals surface area contributed by atoms with E-state index < -0.39 is 5.54 Å². The molecule has 0 aliphatic heterocycles. The summed E-state index contributed by atoms with van der Waals surface area (Å²) in [4.78, 5) is 17.0. The Morgan fingerprint density at radius 1 is 1.05 bits per heavy atom. The van der Waals surface area contributed by atoms with E-state index in [1.165, 1.54) is 0 Å². The molecule has 0 radical (unpaired) electrons. The van der Waals surface area contributed by atoms with Crippen molar-refractivity contribution >= 4 is 16.7 Å². The third-order valence-electron chi connectivity index (χ3n) is 3.71. The van der Waals surface area contributed by atoms with Crippen molar-refractivity contribution in [3.63, 3.8) is 0 Å². The highest BCUT2D eigenvalue weighted by atomic mass is 16.1. The quantitative estimate of drug-likeness (QED) is 0.747. The van der Waals surface area contributed by atoms with Gasteiger partial charge in [0.25, 0.3) is 0 Å². The number of carbonyl (C=O) groups excluding carboxylic acids is 1. The van der Waals surface area contributed by atoms with Crippen LogP contribution in [0.1, 0.15) is 22.8 Å². The van der Waals surface area contributed by atoms with Crippen LogP contribution in [-0.2, 0) is 5.54 Å². The summed E-state index contributed by atoms with van der Waals surface area (Å²) >= 11 is 0. The van der Waals surface area contributed by atoms with Gasteiger partial charge in [-0.05, 0) is 36.8 Å². The molecule has 2 N–H and O–H groups in total. The van der Waals surface area contributed by atoms with E-state index in [2.05, 4.69) is 4.98 Å². The molecule has 21 heavy (non-hydrogen) atoms. The van der Waals surface area contributed by atoms with Crippen LogP contribution in [0.15, 0.2) is 66.9 Å². The maximum Gasteiger partial charge on any atom is 0.186 e. The van der Waals surface area contributed by atoms with E-state index in [9.17, 15) is 4.79 Å². The van der Waals surface area contributed by atoms with E-state index in [1.807, 2.05) is 54.6 Å². The van der Waals surface area contributed by atoms with Crippen LogP contribution in [0.3, 0.4) is 0 Å². The van der Waals surface area contributed by atoms with Gasteiger partial charge < -0.3 is 5.73 Å². The number of Topliss-reactive ketones (excluding diaryl/α,β-unsaturated/α-hetero) is 1. The topological polar surface area (TPSA) is 56.0 Å². The Labute approximate surface area is 123 Å². The number of carbonyl (C=O) groups is 1. The fourth-order valence-electron chi connectivity index (χ4n) is 2.43. The molecule has 1 heterocycles. The van der Waals surface area contributed by atoms with Crippen LogP contribution in [0.4, 0.5) is 0 Å². The van der Waals surface area contributed by atoms with Crippen LogP contribution in [0.5, 0.6) is 0 Å². The SMILES string of the molecule is CC(N)(C(=O)c1ccc2ncccc2c1)c1ccccc1. The van der Waals surface area contributed by atoms with Crippen molar-refractivity contribution < 1.29 is 4.79 Å². The maximum atomic E-state index is 12.8. The summed E-state index contributed by atoms with van der Waals surface area (Å²) < 4.78 is 0. The van der Waals surface area contributed by atoms with Gasteiger partial charge in [0.05, 0.1) is 5.52 Å². The Bertz CT molecular complexity index is 794. The molecule has 0 aliphatic carbocycles. The summed E-state index contributed by atoms with van der Waals surface area (Å²) in [5.74, 6) is -0.0977. The van der Waals surface area contributed by atoms with Crippen LogP contribution in [0, 0.1) is 0 Å². The number of fused-ring (bicyclic) bond motifs is 1. The van der Waals surface area contributed by atoms with Crippen molar-refractivity contribution in [2.24, 2.45) is 5.73 Å². The molecule has 0 saturated heterocycles. The number of pyridine rings is 1. The van der Waals surface area contributed by atoms with Gasteiger partial charge in [-0.1, -0.05) is 36.4 Å². The van der Waals surface area contributed by atoms with Crippen molar-refractivity contribution in [2.45, 2.75) is 12.5 Å². The summed E-state index contributed by atoms with van der Waals surface area (Å²) in [7, 11) is 0. The van der Waals surface area contributed by atoms with Crippen molar-refractivity contribution in [3.05, 3.63) is 78.0 Å². The lowest BCUT2D eigenvalue weighted by Crippen LogP contribution is -2.41. The minimum Gasteiger partial charge on any atom is -0.315 e. The second-order valence-corrected chi connectivity index (χ2v) is 5.31. The third-order valence-corrected chi connectivity index (χ3v) is 3.71. The average molecular weight is 276 g/mol. The summed E-state index contributed by atoms with van der Waals surface area (Å²) in [6.45, 7) is 1.75. The zero-order valence-electron chi connectivity index (χ0n) is 11.8. The summed E-state index contributed by atoms with van der Waals surface area (Å²) in [6.07, 6.45) is 1.74. The molecule has 0 aliphatic rings. The first-order valence-electron chi connectivity index (χ1n) is 6.83. The summed E-state index contributed by atoms with van der Waals surface area (Å²) in [6, 6.07) is 18.7. The fraction of sp³-hybridized carbons (Fsp3) is 0.111. The van der Waals surface area contributed by atoms with Crippen LogP contribution in [-0.4, -0.2) is 10.8 Å². The number of nitrogens with two attached hydrogens (primary N) is 1. The Balaban J connectivity index is 2.03. The highest BCUT2D eigenvalue weighted by Crippen LogP contribution is 2.24. The van der Waals surface area contributed by atoms with Gasteiger partial charge >= 0.3 is 0 Å². The van der Waals surface area contributed by atoms with Gasteiger partial charge in [0.2, 0.25) is 0 Å². The van der Waals surface area contributed by atoms with Gasteiger partial charge in [0.15, 0.2) is 5.78 Å². The van der Waals surface area contributed by atoms with Gasteiger partial charge in [-0.15, -0.1) is 0 Å². The van der Waals surface area contributed by atoms with Gasteiger partial charge in [-0.3, -0.25) is 9.78 Å². The standard InChI is InChI=1S/C18H16N2O/c1-18(19,15-7-3-2-4-8-15)17(21)14-9-10-16-13(12-14)6-5-11-20-16/h2-12H,19H2,1H3. The van der Waals surface area contributed by atoms with E-state index in [-0.39, 0.29) is 5.78 Å². The largest absolute Gasteiger partial charge is 0.315 e. The maximum absolute atomic E-state index is 12.8. The normalized spacial score (nSPS) is 13.8. The molecule has 1 atom stereocenters. The number of hydrogen-bond acceptors (Lipinski definition) is 3. The second kappa shape index (κ2) is 5.11. The molecule has 3 heteroatoms. The van der Waals surface area contributed by atoms with Crippen molar-refractivity contribution in [1.29, 1.82) is 0 Å². The molecule has 3 aromatic rings. The van der Waals surface area contributed by atoms with E-state index >= 15 is 0 Å². The second-order valence-electron chi connectivity index (χ2n) is 5.31. The summed E-state index contributed by atoms with van der Waals surface area (Å²) in [5.41, 5.74) is 7.52. The first kappa shape index (κ1) is 13.5. The Hall–Kier alpha value is -2.52. The minimum atomic E-state index is -1.04. The number of aromatic nitrogens is 1. The number of benzene rings is 2. The predicted molar refractivity (Wildman–Crippen MR) is 84.1 cm³/mol. The Kier molecular flexibility index (Phi) is 3.28. The molecule has 1 aromatic heterocycles. The highest BCUT2D eigenvalue weighted by molar-refractivity contribution is 6.05. The molecule has 3 rings (SSSR count). The lowest BCUT2D eigenvalue weighted by Gasteiger charge is -2.23. The molecule has 3 nitrogen and oxygen atoms in total. The van der Waals surface area contributed by atoms with Crippen LogP contribution >= 0.6 is 0 Å². The monoisotopic (exact) mass is 276 g/mol. The number of hydrogen-bond donors (Lipinski definition) is 1. The third kappa shape index (κ3) is 2.43. The molecule has 104 valence electrons. The highest BCUT2D eigenvalue weighted by Gasteiger charge is 2.31. The lowest BCUT2D eigenvalue weighted by molar-refractivity contribution is 0.0900. The van der Waals surface area contributed by atoms with E-state index in [0.717, 1.165) is 16.5 Å². The van der Waals surface area contributed by atoms with Crippen molar-refractivity contribution in [3.8, 4) is 0 Å². The van der Waals surface area contributed by atoms with Crippen LogP contribution in [0.25, 0.3) is 10.9 Å². The number of nitrogens with zero attached hydrogens (tertiary/aromatic N) is 1. The van der Waals surface area contributed by atoms with Crippen molar-refractivity contribution in [1.82, 2.24) is 4.98 Å². The zero-order valence-corrected chi connectivity index (χ0v) is 11.8. The van der Waals surface area contributed by atoms with E-state index in [4.69, 9.17) is 5.73 Å². The zero-order chi connectivity index (χ0) is 14.9. The van der Waals surface area contributed by atoms with E-state index in [1.54, 1.807) is 19.2 Å². The number of rotatable bonds is 3. The number of ketones is 1. The first-order valence-corrected chi connectivity index (χ1v) is 6.83. The van der Waals surface area contributed by atoms with Gasteiger partial charge in [0, 0.05) is 17.1 Å². The minimum absolute atomic E-state index is 0.0977. The summed E-state index contributed by atoms with van der Waals surface area (Å²) in [5, 5.41) is 0.937. The molecular weight excluding hydrogens is 260 g/mol. The van der Waals surface area contributed by atoms with Crippen LogP contribution in [0.2, 0.25) is 0 Å². The van der Waals surface area contributed by atoms with Gasteiger partial charge in [-0.25, -0.2) is 0 Å². The molecule has 0 amide bonds. The van der Waals surface area contributed by atoms with Crippen molar-refractivity contribution in [2.75, 3.05) is 0 Å². The van der Waals surface area contributed by atoms with Crippen LogP contribution < -0.4 is 5.73 Å². The predicted octanol–water partition coefficient (Wildman–Crippen LogP) is 3.29. The fourth-order valence-corrected chi connectivity index (χ4v) is 2.43. The molecule has 2 aromatic carbocycles. The Morgan fingerprint density at radius 3 is 2.57 bits per heavy atom. The molecule has 1 unspecified atom stereocenters. The lowest BCUT2D eigenvalue weighted by atomic mass is 9.85. The average Bonchev–Trinajstić information content (AvgIpc) is 2.54. The molecule has 0 saturated carbocycles.